The average Bonchev–Trinajstić information content (AvgIpc) is 2.90. The van der Waals surface area contributed by atoms with Crippen LogP contribution < -0.4 is 10.2 Å². The van der Waals surface area contributed by atoms with Crippen LogP contribution in [-0.2, 0) is 0 Å². The van der Waals surface area contributed by atoms with Gasteiger partial charge < -0.3 is 10.2 Å². The number of hydrogen-bond donors (Lipinski definition) is 1. The van der Waals surface area contributed by atoms with E-state index in [0.29, 0.717) is 22.1 Å². The third kappa shape index (κ3) is 2.37. The van der Waals surface area contributed by atoms with Crippen molar-refractivity contribution < 1.29 is 0 Å². The van der Waals surface area contributed by atoms with Gasteiger partial charge in [-0.05, 0) is 19.4 Å². The fourth-order valence-corrected chi connectivity index (χ4v) is 3.87. The molecule has 2 aromatic rings. The number of hydrogen-bond acceptors (Lipinski definition) is 5. The molecule has 2 heterocycles. The van der Waals surface area contributed by atoms with Crippen LogP contribution in [0.1, 0.15) is 20.3 Å². The van der Waals surface area contributed by atoms with E-state index in [-0.39, 0.29) is 0 Å². The molecule has 0 aliphatic carbocycles. The smallest absolute Gasteiger partial charge is 0.131 e. The van der Waals surface area contributed by atoms with Gasteiger partial charge in [0.15, 0.2) is 0 Å². The Morgan fingerprint density at radius 2 is 2.10 bits per heavy atom. The molecular formula is C13H16Cl2N4S. The fraction of sp³-hybridized carbons (Fsp3) is 0.538. The molecule has 0 saturated carbocycles. The molecule has 7 heteroatoms. The molecule has 1 saturated heterocycles. The summed E-state index contributed by atoms with van der Waals surface area (Å²) in [7, 11) is 0. The SMILES string of the molecule is CCC1CN(c2c(Cl)cc(Cl)c3nsnc23)C(C)CN1. The molecule has 1 N–H and O–H groups in total. The van der Waals surface area contributed by atoms with Crippen molar-refractivity contribution in [1.82, 2.24) is 14.1 Å². The van der Waals surface area contributed by atoms with E-state index in [1.807, 2.05) is 0 Å². The minimum absolute atomic E-state index is 0.362. The molecule has 4 nitrogen and oxygen atoms in total. The molecule has 2 atom stereocenters. The van der Waals surface area contributed by atoms with E-state index in [1.54, 1.807) is 6.07 Å². The van der Waals surface area contributed by atoms with Gasteiger partial charge >= 0.3 is 0 Å². The van der Waals surface area contributed by atoms with Gasteiger partial charge in [0, 0.05) is 25.2 Å². The topological polar surface area (TPSA) is 41.1 Å². The van der Waals surface area contributed by atoms with E-state index < -0.39 is 0 Å². The molecular weight excluding hydrogens is 315 g/mol. The van der Waals surface area contributed by atoms with Crippen LogP contribution in [0.25, 0.3) is 11.0 Å². The van der Waals surface area contributed by atoms with E-state index in [2.05, 4.69) is 32.8 Å². The summed E-state index contributed by atoms with van der Waals surface area (Å²) in [5.41, 5.74) is 2.53. The second-order valence-electron chi connectivity index (χ2n) is 5.17. The lowest BCUT2D eigenvalue weighted by Crippen LogP contribution is -2.55. The van der Waals surface area contributed by atoms with Gasteiger partial charge in [-0.2, -0.15) is 8.75 Å². The van der Waals surface area contributed by atoms with Crippen molar-refractivity contribution in [2.75, 3.05) is 18.0 Å². The quantitative estimate of drug-likeness (QED) is 0.913. The minimum atomic E-state index is 0.362. The Bertz CT molecular complexity index is 630. The lowest BCUT2D eigenvalue weighted by Gasteiger charge is -2.40. The monoisotopic (exact) mass is 330 g/mol. The highest BCUT2D eigenvalue weighted by Crippen LogP contribution is 2.39. The summed E-state index contributed by atoms with van der Waals surface area (Å²) in [6, 6.07) is 2.61. The maximum Gasteiger partial charge on any atom is 0.131 e. The van der Waals surface area contributed by atoms with Crippen molar-refractivity contribution >= 4 is 51.7 Å². The lowest BCUT2D eigenvalue weighted by molar-refractivity contribution is 0.398. The molecule has 0 bridgehead atoms. The highest BCUT2D eigenvalue weighted by atomic mass is 35.5. The van der Waals surface area contributed by atoms with Crippen LogP contribution >= 0.6 is 34.9 Å². The van der Waals surface area contributed by atoms with Gasteiger partial charge in [0.05, 0.1) is 27.5 Å². The van der Waals surface area contributed by atoms with E-state index in [9.17, 15) is 0 Å². The van der Waals surface area contributed by atoms with E-state index in [0.717, 1.165) is 36.2 Å². The first kappa shape index (κ1) is 14.3. The first-order chi connectivity index (χ1) is 9.61. The molecule has 20 heavy (non-hydrogen) atoms. The molecule has 0 spiro atoms. The van der Waals surface area contributed by atoms with Crippen molar-refractivity contribution in [3.63, 3.8) is 0 Å². The second-order valence-corrected chi connectivity index (χ2v) is 6.51. The van der Waals surface area contributed by atoms with Gasteiger partial charge in [-0.15, -0.1) is 0 Å². The molecule has 1 fully saturated rings. The summed E-state index contributed by atoms with van der Waals surface area (Å²) in [4.78, 5) is 2.33. The van der Waals surface area contributed by atoms with Crippen molar-refractivity contribution in [2.24, 2.45) is 0 Å². The number of benzene rings is 1. The molecule has 1 aliphatic heterocycles. The predicted molar refractivity (Wildman–Crippen MR) is 86.3 cm³/mol. The number of halogens is 2. The molecule has 108 valence electrons. The van der Waals surface area contributed by atoms with Gasteiger partial charge in [0.2, 0.25) is 0 Å². The fourth-order valence-electron chi connectivity index (χ4n) is 2.65. The highest BCUT2D eigenvalue weighted by molar-refractivity contribution is 7.00. The van der Waals surface area contributed by atoms with Crippen molar-refractivity contribution in [2.45, 2.75) is 32.4 Å². The standard InChI is InChI=1S/C13H16Cl2N4S/c1-3-8-6-19(7(2)5-16-8)13-10(15)4-9(14)11-12(13)18-20-17-11/h4,7-8,16H,3,5-6H2,1-2H3. The molecule has 3 rings (SSSR count). The van der Waals surface area contributed by atoms with E-state index in [1.165, 1.54) is 11.7 Å². The normalized spacial score (nSPS) is 23.5. The molecule has 1 aliphatic rings. The Hall–Kier alpha value is -0.620. The van der Waals surface area contributed by atoms with Crippen LogP contribution in [0.2, 0.25) is 10.0 Å². The molecule has 0 amide bonds. The molecule has 2 unspecified atom stereocenters. The first-order valence-corrected chi connectivity index (χ1v) is 8.20. The molecule has 0 radical (unpaired) electrons. The Balaban J connectivity index is 2.10. The van der Waals surface area contributed by atoms with Crippen molar-refractivity contribution in [1.29, 1.82) is 0 Å². The molecule has 1 aromatic carbocycles. The van der Waals surface area contributed by atoms with E-state index in [4.69, 9.17) is 23.2 Å². The Morgan fingerprint density at radius 1 is 1.35 bits per heavy atom. The number of anilines is 1. The van der Waals surface area contributed by atoms with Gasteiger partial charge in [-0.1, -0.05) is 30.1 Å². The predicted octanol–water partition coefficient (Wildman–Crippen LogP) is 3.57. The summed E-state index contributed by atoms with van der Waals surface area (Å²) in [5.74, 6) is 0. The Labute approximate surface area is 132 Å². The number of aromatic nitrogens is 2. The maximum absolute atomic E-state index is 6.45. The zero-order valence-corrected chi connectivity index (χ0v) is 13.7. The lowest BCUT2D eigenvalue weighted by atomic mass is 10.1. The maximum atomic E-state index is 6.45. The average molecular weight is 331 g/mol. The number of nitrogens with one attached hydrogen (secondary N) is 1. The van der Waals surface area contributed by atoms with Crippen molar-refractivity contribution in [3.8, 4) is 0 Å². The number of rotatable bonds is 2. The van der Waals surface area contributed by atoms with Gasteiger partial charge in [0.25, 0.3) is 0 Å². The van der Waals surface area contributed by atoms with Gasteiger partial charge in [-0.25, -0.2) is 0 Å². The van der Waals surface area contributed by atoms with Crippen LogP contribution in [0.5, 0.6) is 0 Å². The second kappa shape index (κ2) is 5.64. The van der Waals surface area contributed by atoms with Crippen LogP contribution in [0, 0.1) is 0 Å². The molecule has 1 aromatic heterocycles. The highest BCUT2D eigenvalue weighted by Gasteiger charge is 2.28. The van der Waals surface area contributed by atoms with Crippen molar-refractivity contribution in [3.05, 3.63) is 16.1 Å². The third-order valence-electron chi connectivity index (χ3n) is 3.85. The zero-order valence-electron chi connectivity index (χ0n) is 11.4. The largest absolute Gasteiger partial charge is 0.363 e. The van der Waals surface area contributed by atoms with Gasteiger partial charge in [0.1, 0.15) is 11.0 Å². The van der Waals surface area contributed by atoms with Crippen LogP contribution in [0.15, 0.2) is 6.07 Å². The summed E-state index contributed by atoms with van der Waals surface area (Å²) in [6.45, 7) is 6.24. The van der Waals surface area contributed by atoms with E-state index >= 15 is 0 Å². The van der Waals surface area contributed by atoms with Crippen LogP contribution in [-0.4, -0.2) is 33.9 Å². The van der Waals surface area contributed by atoms with Crippen LogP contribution in [0.4, 0.5) is 5.69 Å². The number of piperazine rings is 1. The van der Waals surface area contributed by atoms with Crippen LogP contribution in [0.3, 0.4) is 0 Å². The third-order valence-corrected chi connectivity index (χ3v) is 4.95. The summed E-state index contributed by atoms with van der Waals surface area (Å²) in [6.07, 6.45) is 1.09. The number of nitrogens with zero attached hydrogens (tertiary/aromatic N) is 3. The summed E-state index contributed by atoms with van der Waals surface area (Å²) < 4.78 is 8.68. The first-order valence-electron chi connectivity index (χ1n) is 6.72. The Morgan fingerprint density at radius 3 is 2.85 bits per heavy atom. The zero-order chi connectivity index (χ0) is 14.3. The Kier molecular flexibility index (Phi) is 4.04. The summed E-state index contributed by atoms with van der Waals surface area (Å²) >= 11 is 13.8. The minimum Gasteiger partial charge on any atom is -0.363 e. The summed E-state index contributed by atoms with van der Waals surface area (Å²) in [5, 5.41) is 4.77. The van der Waals surface area contributed by atoms with Gasteiger partial charge in [-0.3, -0.25) is 0 Å². The number of fused-ring (bicyclic) bond motifs is 1.